The second kappa shape index (κ2) is 8.33. The summed E-state index contributed by atoms with van der Waals surface area (Å²) in [5.74, 6) is -0.290. The first-order valence-electron chi connectivity index (χ1n) is 8.97. The Morgan fingerprint density at radius 2 is 1.79 bits per heavy atom. The molecule has 0 fully saturated rings. The summed E-state index contributed by atoms with van der Waals surface area (Å²) < 4.78 is 48.7. The number of rotatable bonds is 7. The molecule has 0 bridgehead atoms. The first-order chi connectivity index (χ1) is 13.5. The number of ether oxygens (including phenoxy) is 2. The van der Waals surface area contributed by atoms with Crippen LogP contribution in [0.3, 0.4) is 0 Å². The summed E-state index contributed by atoms with van der Waals surface area (Å²) in [6, 6.07) is 6.63. The minimum atomic E-state index is -4.73. The van der Waals surface area contributed by atoms with Crippen molar-refractivity contribution >= 4 is 30.7 Å². The molecule has 2 aromatic heterocycles. The van der Waals surface area contributed by atoms with Gasteiger partial charge in [0.15, 0.2) is 0 Å². The van der Waals surface area contributed by atoms with Gasteiger partial charge in [0, 0.05) is 26.4 Å². The normalized spacial score (nSPS) is 12.5. The van der Waals surface area contributed by atoms with Crippen molar-refractivity contribution in [3.63, 3.8) is 0 Å². The largest absolute Gasteiger partial charge is 0.573 e. The number of nitrogens with zero attached hydrogens (tertiary/aromatic N) is 3. The van der Waals surface area contributed by atoms with Crippen molar-refractivity contribution in [3.05, 3.63) is 41.9 Å². The Kier molecular flexibility index (Phi) is 6.21. The molecule has 0 N–H and O–H groups in total. The molecule has 0 spiro atoms. The summed E-state index contributed by atoms with van der Waals surface area (Å²) in [7, 11) is -1.20. The molecule has 0 saturated heterocycles. The Bertz CT molecular complexity index is 985. The lowest BCUT2D eigenvalue weighted by Crippen LogP contribution is -2.22. The van der Waals surface area contributed by atoms with Crippen LogP contribution in [0.1, 0.15) is 0 Å². The van der Waals surface area contributed by atoms with Crippen LogP contribution in [0.5, 0.6) is 5.75 Å². The minimum absolute atomic E-state index is 0.265. The van der Waals surface area contributed by atoms with E-state index >= 15 is 0 Å². The zero-order chi connectivity index (χ0) is 21.2. The predicted octanol–water partition coefficient (Wildman–Crippen LogP) is 5.96. The van der Waals surface area contributed by atoms with Crippen molar-refractivity contribution in [1.82, 2.24) is 14.5 Å². The van der Waals surface area contributed by atoms with E-state index in [0.717, 1.165) is 6.04 Å². The highest BCUT2D eigenvalue weighted by molar-refractivity contribution is 6.76. The maximum atomic E-state index is 12.4. The fraction of sp³-hybridized carbons (Fsp3) is 0.368. The van der Waals surface area contributed by atoms with Crippen molar-refractivity contribution in [2.45, 2.75) is 38.8 Å². The van der Waals surface area contributed by atoms with E-state index in [-0.39, 0.29) is 10.9 Å². The summed E-state index contributed by atoms with van der Waals surface area (Å²) in [4.78, 5) is 8.34. The summed E-state index contributed by atoms with van der Waals surface area (Å²) in [6.07, 6.45) is -1.55. The van der Waals surface area contributed by atoms with Gasteiger partial charge in [-0.25, -0.2) is 9.97 Å². The van der Waals surface area contributed by atoms with Crippen LogP contribution >= 0.6 is 11.6 Å². The van der Waals surface area contributed by atoms with Gasteiger partial charge in [-0.15, -0.1) is 13.2 Å². The number of benzene rings is 1. The van der Waals surface area contributed by atoms with Crippen molar-refractivity contribution in [1.29, 1.82) is 0 Å². The number of fused-ring (bicyclic) bond motifs is 1. The highest BCUT2D eigenvalue weighted by Crippen LogP contribution is 2.35. The van der Waals surface area contributed by atoms with Crippen LogP contribution in [0.4, 0.5) is 13.2 Å². The van der Waals surface area contributed by atoms with Crippen LogP contribution in [0.15, 0.2) is 36.8 Å². The molecule has 0 aliphatic carbocycles. The molecule has 0 amide bonds. The maximum Gasteiger partial charge on any atom is 0.573 e. The van der Waals surface area contributed by atoms with E-state index in [9.17, 15) is 13.2 Å². The van der Waals surface area contributed by atoms with E-state index < -0.39 is 14.4 Å². The van der Waals surface area contributed by atoms with Crippen LogP contribution in [0.2, 0.25) is 30.8 Å². The third-order valence-electron chi connectivity index (χ3n) is 4.23. The number of hydrogen-bond donors (Lipinski definition) is 0. The topological polar surface area (TPSA) is 49.2 Å². The van der Waals surface area contributed by atoms with Gasteiger partial charge < -0.3 is 14.0 Å². The second-order valence-corrected chi connectivity index (χ2v) is 13.8. The highest BCUT2D eigenvalue weighted by atomic mass is 35.5. The second-order valence-electron chi connectivity index (χ2n) is 7.80. The molecule has 2 heterocycles. The van der Waals surface area contributed by atoms with E-state index in [2.05, 4.69) is 34.3 Å². The van der Waals surface area contributed by atoms with Crippen molar-refractivity contribution < 1.29 is 22.6 Å². The lowest BCUT2D eigenvalue weighted by atomic mass is 10.1. The SMILES string of the molecule is C[Si](C)(C)CCOCn1cc(-c2ccc(OC(F)(F)F)cc2)c2c(Cl)ncnc21. The quantitative estimate of drug-likeness (QED) is 0.257. The van der Waals surface area contributed by atoms with Gasteiger partial charge in [-0.2, -0.15) is 0 Å². The Morgan fingerprint density at radius 3 is 2.41 bits per heavy atom. The first kappa shape index (κ1) is 21.6. The summed E-state index contributed by atoms with van der Waals surface area (Å²) >= 11 is 6.29. The van der Waals surface area contributed by atoms with Gasteiger partial charge in [-0.1, -0.05) is 43.4 Å². The fourth-order valence-electron chi connectivity index (χ4n) is 2.78. The smallest absolute Gasteiger partial charge is 0.406 e. The number of hydrogen-bond acceptors (Lipinski definition) is 4. The zero-order valence-electron chi connectivity index (χ0n) is 16.3. The van der Waals surface area contributed by atoms with Gasteiger partial charge in [0.25, 0.3) is 0 Å². The molecule has 3 rings (SSSR count). The van der Waals surface area contributed by atoms with Crippen LogP contribution in [-0.2, 0) is 11.5 Å². The van der Waals surface area contributed by atoms with E-state index in [4.69, 9.17) is 16.3 Å². The average Bonchev–Trinajstić information content (AvgIpc) is 2.97. The van der Waals surface area contributed by atoms with Gasteiger partial charge in [0.1, 0.15) is 29.6 Å². The minimum Gasteiger partial charge on any atom is -0.406 e. The van der Waals surface area contributed by atoms with Gasteiger partial charge >= 0.3 is 6.36 Å². The van der Waals surface area contributed by atoms with E-state index in [1.54, 1.807) is 0 Å². The lowest BCUT2D eigenvalue weighted by molar-refractivity contribution is -0.274. The molecular formula is C19H21ClF3N3O2Si. The van der Waals surface area contributed by atoms with Crippen molar-refractivity contribution in [3.8, 4) is 16.9 Å². The molecule has 0 saturated carbocycles. The van der Waals surface area contributed by atoms with Gasteiger partial charge in [0.05, 0.1) is 5.39 Å². The Hall–Kier alpha value is -2.10. The van der Waals surface area contributed by atoms with Gasteiger partial charge in [-0.3, -0.25) is 0 Å². The molecule has 3 aromatic rings. The first-order valence-corrected chi connectivity index (χ1v) is 13.1. The standard InChI is InChI=1S/C19H21ClF3N3O2Si/c1-29(2,3)9-8-27-12-26-10-15(16-17(20)24-11-25-18(16)26)13-4-6-14(7-5-13)28-19(21,22)23/h4-7,10-11H,8-9,12H2,1-3H3. The third kappa shape index (κ3) is 5.71. The van der Waals surface area contributed by atoms with Crippen molar-refractivity contribution in [2.75, 3.05) is 6.61 Å². The molecule has 0 aliphatic rings. The molecular weight excluding hydrogens is 423 g/mol. The Labute approximate surface area is 172 Å². The Balaban J connectivity index is 1.88. The molecule has 0 radical (unpaired) electrons. The van der Waals surface area contributed by atoms with E-state index in [1.165, 1.54) is 30.6 Å². The van der Waals surface area contributed by atoms with E-state index in [1.807, 2.05) is 10.8 Å². The van der Waals surface area contributed by atoms with Gasteiger partial charge in [0.2, 0.25) is 0 Å². The molecule has 0 atom stereocenters. The average molecular weight is 444 g/mol. The van der Waals surface area contributed by atoms with Gasteiger partial charge in [-0.05, 0) is 23.7 Å². The molecule has 29 heavy (non-hydrogen) atoms. The molecule has 1 aromatic carbocycles. The molecule has 156 valence electrons. The summed E-state index contributed by atoms with van der Waals surface area (Å²) in [5, 5.41) is 0.883. The van der Waals surface area contributed by atoms with Crippen LogP contribution in [0.25, 0.3) is 22.2 Å². The number of aromatic nitrogens is 3. The van der Waals surface area contributed by atoms with Crippen molar-refractivity contribution in [2.24, 2.45) is 0 Å². The number of alkyl halides is 3. The lowest BCUT2D eigenvalue weighted by Gasteiger charge is -2.15. The molecule has 0 unspecified atom stereocenters. The fourth-order valence-corrected chi connectivity index (χ4v) is 3.77. The third-order valence-corrected chi connectivity index (χ3v) is 6.22. The van der Waals surface area contributed by atoms with Crippen LogP contribution < -0.4 is 4.74 Å². The summed E-state index contributed by atoms with van der Waals surface area (Å²) in [5.41, 5.74) is 1.98. The maximum absolute atomic E-state index is 12.4. The molecule has 10 heteroatoms. The molecule has 0 aliphatic heterocycles. The monoisotopic (exact) mass is 443 g/mol. The predicted molar refractivity (Wildman–Crippen MR) is 109 cm³/mol. The summed E-state index contributed by atoms with van der Waals surface area (Å²) in [6.45, 7) is 7.77. The van der Waals surface area contributed by atoms with Crippen LogP contribution in [0, 0.1) is 0 Å². The Morgan fingerprint density at radius 1 is 1.10 bits per heavy atom. The van der Waals surface area contributed by atoms with Crippen LogP contribution in [-0.4, -0.2) is 35.6 Å². The number of halogens is 4. The highest BCUT2D eigenvalue weighted by Gasteiger charge is 2.31. The zero-order valence-corrected chi connectivity index (χ0v) is 18.0. The molecule has 5 nitrogen and oxygen atoms in total. The van der Waals surface area contributed by atoms with E-state index in [0.29, 0.717) is 35.5 Å².